The van der Waals surface area contributed by atoms with Crippen LogP contribution in [-0.2, 0) is 20.0 Å². The third-order valence-corrected chi connectivity index (χ3v) is 6.21. The number of nitrogens with zero attached hydrogens (tertiary/aromatic N) is 6. The number of thioether (sulfide) groups is 1. The molecular weight excluding hydrogens is 487 g/mol. The highest BCUT2D eigenvalue weighted by Gasteiger charge is 2.60. The summed E-state index contributed by atoms with van der Waals surface area (Å²) in [5, 5.41) is 8.03. The average molecular weight is 503 g/mol. The van der Waals surface area contributed by atoms with E-state index in [4.69, 9.17) is 16.6 Å². The van der Waals surface area contributed by atoms with E-state index >= 15 is 0 Å². The first kappa shape index (κ1) is 23.4. The Balaban J connectivity index is 1.89. The van der Waals surface area contributed by atoms with Gasteiger partial charge in [-0.15, -0.1) is 22.0 Å². The first-order chi connectivity index (χ1) is 15.5. The molecule has 6 nitrogen and oxygen atoms in total. The third kappa shape index (κ3) is 3.95. The van der Waals surface area contributed by atoms with Gasteiger partial charge in [-0.25, -0.2) is 9.97 Å². The highest BCUT2D eigenvalue weighted by molar-refractivity contribution is 7.99. The molecule has 0 aliphatic carbocycles. The second kappa shape index (κ2) is 8.24. The number of aryl methyl sites for hydroxylation is 1. The maximum Gasteiger partial charge on any atom is 0.459 e. The van der Waals surface area contributed by atoms with E-state index in [1.165, 1.54) is 16.3 Å². The standard InChI is InChI=1S/C20H16ClF5N6S/c1-4-33-18-14(28-15(32(18)3)10-5-7-11(21)8-6-10)17-27-12-9-13(19(22,23)20(24,25)26)29-30-16(12)31(17)2/h5-9H,4H2,1-3H3. The Morgan fingerprint density at radius 3 is 2.21 bits per heavy atom. The minimum Gasteiger partial charge on any atom is -0.322 e. The van der Waals surface area contributed by atoms with Gasteiger partial charge in [-0.1, -0.05) is 18.5 Å². The van der Waals surface area contributed by atoms with Crippen LogP contribution in [0.3, 0.4) is 0 Å². The van der Waals surface area contributed by atoms with Crippen molar-refractivity contribution < 1.29 is 22.0 Å². The highest BCUT2D eigenvalue weighted by Crippen LogP contribution is 2.43. The highest BCUT2D eigenvalue weighted by atomic mass is 35.5. The van der Waals surface area contributed by atoms with Crippen LogP contribution in [0.4, 0.5) is 22.0 Å². The number of rotatable bonds is 5. The fraction of sp³-hybridized carbons (Fsp3) is 0.300. The second-order valence-electron chi connectivity index (χ2n) is 7.09. The average Bonchev–Trinajstić information content (AvgIpc) is 3.25. The second-order valence-corrected chi connectivity index (χ2v) is 8.78. The first-order valence-corrected chi connectivity index (χ1v) is 10.9. The molecule has 33 heavy (non-hydrogen) atoms. The van der Waals surface area contributed by atoms with Gasteiger partial charge in [0.1, 0.15) is 27.8 Å². The van der Waals surface area contributed by atoms with E-state index in [-0.39, 0.29) is 17.0 Å². The molecule has 0 saturated carbocycles. The van der Waals surface area contributed by atoms with Gasteiger partial charge < -0.3 is 9.13 Å². The Morgan fingerprint density at radius 1 is 0.939 bits per heavy atom. The van der Waals surface area contributed by atoms with E-state index in [0.29, 0.717) is 28.4 Å². The SMILES string of the molecule is CCSc1c(-c2nc3cc(C(F)(F)C(F)(F)F)nnc3n2C)nc(-c2ccc(Cl)cc2)n1C. The van der Waals surface area contributed by atoms with Gasteiger partial charge in [-0.3, -0.25) is 0 Å². The third-order valence-electron chi connectivity index (χ3n) is 4.93. The van der Waals surface area contributed by atoms with Crippen LogP contribution in [0, 0.1) is 0 Å². The zero-order valence-electron chi connectivity index (χ0n) is 17.5. The lowest BCUT2D eigenvalue weighted by Gasteiger charge is -2.17. The smallest absolute Gasteiger partial charge is 0.322 e. The first-order valence-electron chi connectivity index (χ1n) is 9.56. The molecule has 0 N–H and O–H groups in total. The van der Waals surface area contributed by atoms with Crippen LogP contribution in [0.25, 0.3) is 34.1 Å². The van der Waals surface area contributed by atoms with Crippen molar-refractivity contribution in [2.24, 2.45) is 14.1 Å². The Morgan fingerprint density at radius 2 is 1.61 bits per heavy atom. The summed E-state index contributed by atoms with van der Waals surface area (Å²) in [6.07, 6.45) is -5.80. The summed E-state index contributed by atoms with van der Waals surface area (Å²) in [4.78, 5) is 9.00. The van der Waals surface area contributed by atoms with Gasteiger partial charge in [0.05, 0.1) is 0 Å². The number of imidazole rings is 2. The van der Waals surface area contributed by atoms with E-state index < -0.39 is 17.8 Å². The van der Waals surface area contributed by atoms with Crippen molar-refractivity contribution in [1.29, 1.82) is 0 Å². The van der Waals surface area contributed by atoms with Crippen LogP contribution in [0.1, 0.15) is 12.6 Å². The molecule has 3 aromatic heterocycles. The lowest BCUT2D eigenvalue weighted by Crippen LogP contribution is -2.34. The molecule has 0 unspecified atom stereocenters. The van der Waals surface area contributed by atoms with Gasteiger partial charge in [-0.2, -0.15) is 22.0 Å². The number of hydrogen-bond acceptors (Lipinski definition) is 5. The molecule has 174 valence electrons. The molecule has 0 radical (unpaired) electrons. The van der Waals surface area contributed by atoms with Crippen molar-refractivity contribution in [3.63, 3.8) is 0 Å². The molecule has 3 heterocycles. The fourth-order valence-electron chi connectivity index (χ4n) is 3.28. The van der Waals surface area contributed by atoms with Crippen LogP contribution in [0.5, 0.6) is 0 Å². The van der Waals surface area contributed by atoms with Gasteiger partial charge in [0, 0.05) is 24.7 Å². The van der Waals surface area contributed by atoms with E-state index in [1.54, 1.807) is 31.3 Å². The summed E-state index contributed by atoms with van der Waals surface area (Å²) in [7, 11) is 3.39. The zero-order chi connectivity index (χ0) is 24.1. The summed E-state index contributed by atoms with van der Waals surface area (Å²) in [6, 6.07) is 7.67. The van der Waals surface area contributed by atoms with E-state index in [1.807, 2.05) is 18.5 Å². The van der Waals surface area contributed by atoms with Crippen LogP contribution >= 0.6 is 23.4 Å². The van der Waals surface area contributed by atoms with Gasteiger partial charge in [0.15, 0.2) is 11.5 Å². The quantitative estimate of drug-likeness (QED) is 0.253. The maximum atomic E-state index is 13.8. The number of alkyl halides is 5. The van der Waals surface area contributed by atoms with Crippen LogP contribution < -0.4 is 0 Å². The molecule has 4 rings (SSSR count). The lowest BCUT2D eigenvalue weighted by molar-refractivity contribution is -0.291. The number of hydrogen-bond donors (Lipinski definition) is 0. The Bertz CT molecular complexity index is 1330. The van der Waals surface area contributed by atoms with Crippen molar-refractivity contribution in [2.75, 3.05) is 5.75 Å². The summed E-state index contributed by atoms with van der Waals surface area (Å²) >= 11 is 7.47. The maximum absolute atomic E-state index is 13.8. The molecule has 13 heteroatoms. The molecular formula is C20H16ClF5N6S. The topological polar surface area (TPSA) is 61.4 Å². The Labute approximate surface area is 193 Å². The van der Waals surface area contributed by atoms with Gasteiger partial charge in [-0.05, 0) is 36.1 Å². The van der Waals surface area contributed by atoms with Gasteiger partial charge in [0.2, 0.25) is 0 Å². The van der Waals surface area contributed by atoms with Crippen LogP contribution in [-0.4, -0.2) is 41.2 Å². The van der Waals surface area contributed by atoms with Gasteiger partial charge in [0.25, 0.3) is 0 Å². The van der Waals surface area contributed by atoms with Crippen molar-refractivity contribution in [2.45, 2.75) is 24.0 Å². The van der Waals surface area contributed by atoms with Crippen LogP contribution in [0.15, 0.2) is 35.4 Å². The molecule has 0 aliphatic heterocycles. The largest absolute Gasteiger partial charge is 0.459 e. The molecule has 1 aromatic carbocycles. The molecule has 4 aromatic rings. The van der Waals surface area contributed by atoms with Crippen molar-refractivity contribution in [3.8, 4) is 22.9 Å². The van der Waals surface area contributed by atoms with E-state index in [9.17, 15) is 22.0 Å². The fourth-order valence-corrected chi connectivity index (χ4v) is 4.24. The molecule has 0 amide bonds. The molecule has 0 spiro atoms. The lowest BCUT2D eigenvalue weighted by atomic mass is 10.2. The monoisotopic (exact) mass is 502 g/mol. The van der Waals surface area contributed by atoms with Crippen molar-refractivity contribution >= 4 is 34.5 Å². The van der Waals surface area contributed by atoms with Crippen molar-refractivity contribution in [1.82, 2.24) is 29.3 Å². The normalized spacial score (nSPS) is 12.6. The number of halogens is 6. The molecule has 0 atom stereocenters. The Kier molecular flexibility index (Phi) is 5.85. The Hall–Kier alpha value is -2.73. The summed E-state index contributed by atoms with van der Waals surface area (Å²) in [5.41, 5.74) is -0.376. The zero-order valence-corrected chi connectivity index (χ0v) is 19.0. The molecule has 0 bridgehead atoms. The van der Waals surface area contributed by atoms with E-state index in [2.05, 4.69) is 15.2 Å². The molecule has 0 aliphatic rings. The molecule has 0 saturated heterocycles. The van der Waals surface area contributed by atoms with E-state index in [0.717, 1.165) is 10.6 Å². The van der Waals surface area contributed by atoms with Crippen LogP contribution in [0.2, 0.25) is 5.02 Å². The number of benzene rings is 1. The number of aromatic nitrogens is 6. The van der Waals surface area contributed by atoms with Gasteiger partial charge >= 0.3 is 12.1 Å². The minimum atomic E-state index is -5.80. The summed E-state index contributed by atoms with van der Waals surface area (Å²) < 4.78 is 69.2. The number of fused-ring (bicyclic) bond motifs is 1. The van der Waals surface area contributed by atoms with Crippen molar-refractivity contribution in [3.05, 3.63) is 41.0 Å². The summed E-state index contributed by atoms with van der Waals surface area (Å²) in [6.45, 7) is 1.95. The minimum absolute atomic E-state index is 0.0536. The summed E-state index contributed by atoms with van der Waals surface area (Å²) in [5.74, 6) is -3.57. The predicted molar refractivity (Wildman–Crippen MR) is 115 cm³/mol. The molecule has 0 fully saturated rings. The predicted octanol–water partition coefficient (Wildman–Crippen LogP) is 5.85.